The zero-order chi connectivity index (χ0) is 21.9. The van der Waals surface area contributed by atoms with Gasteiger partial charge in [-0.15, -0.1) is 24.8 Å². The molecule has 0 bridgehead atoms. The lowest BCUT2D eigenvalue weighted by atomic mass is 9.78. The lowest BCUT2D eigenvalue weighted by molar-refractivity contribution is 1.38. The first-order valence-corrected chi connectivity index (χ1v) is 11.1. The van der Waals surface area contributed by atoms with Crippen LogP contribution in [0.25, 0.3) is 44.5 Å². The van der Waals surface area contributed by atoms with Crippen molar-refractivity contribution < 1.29 is 0 Å². The molecule has 0 amide bonds. The molecule has 0 aliphatic heterocycles. The number of hydrogen-bond donors (Lipinski definition) is 0. The lowest BCUT2D eigenvalue weighted by Gasteiger charge is -2.25. The van der Waals surface area contributed by atoms with E-state index >= 15 is 0 Å². The van der Waals surface area contributed by atoms with Gasteiger partial charge in [-0.3, -0.25) is 0 Å². The number of halogens is 2. The Labute approximate surface area is 215 Å². The maximum absolute atomic E-state index is 2.28. The summed E-state index contributed by atoms with van der Waals surface area (Å²) in [5.74, 6) is 0. The molecule has 5 aromatic rings. The van der Waals surface area contributed by atoms with E-state index in [0.29, 0.717) is 0 Å². The van der Waals surface area contributed by atoms with Crippen LogP contribution in [0.4, 0.5) is 0 Å². The molecule has 5 rings (SSSR count). The molecule has 0 fully saturated rings. The Morgan fingerprint density at radius 1 is 0.294 bits per heavy atom. The summed E-state index contributed by atoms with van der Waals surface area (Å²) in [5.41, 5.74) is 12.9. The van der Waals surface area contributed by atoms with Crippen LogP contribution in [-0.4, -0.2) is 0 Å². The van der Waals surface area contributed by atoms with Gasteiger partial charge in [0.25, 0.3) is 0 Å². The molecule has 0 aliphatic carbocycles. The van der Waals surface area contributed by atoms with Gasteiger partial charge in [0.1, 0.15) is 0 Å². The normalized spacial score (nSPS) is 10.2. The van der Waals surface area contributed by atoms with Gasteiger partial charge >= 0.3 is 0 Å². The summed E-state index contributed by atoms with van der Waals surface area (Å²) in [4.78, 5) is 0. The summed E-state index contributed by atoms with van der Waals surface area (Å²) < 4.78 is 0. The van der Waals surface area contributed by atoms with E-state index in [1.54, 1.807) is 0 Å². The number of hydrogen-bond acceptors (Lipinski definition) is 0. The smallest absolute Gasteiger partial charge is 0.00668 e. The van der Waals surface area contributed by atoms with Gasteiger partial charge in [-0.05, 0) is 69.5 Å². The first-order chi connectivity index (χ1) is 15.8. The third-order valence-corrected chi connectivity index (χ3v) is 6.25. The zero-order valence-corrected chi connectivity index (χ0v) is 21.0. The Kier molecular flexibility index (Phi) is 8.34. The van der Waals surface area contributed by atoms with Crippen molar-refractivity contribution in [2.45, 2.75) is 13.8 Å². The van der Waals surface area contributed by atoms with E-state index in [2.05, 4.69) is 135 Å². The Hall–Kier alpha value is -3.32. The first-order valence-electron chi connectivity index (χ1n) is 11.1. The van der Waals surface area contributed by atoms with Gasteiger partial charge < -0.3 is 0 Å². The Morgan fingerprint density at radius 3 is 0.647 bits per heavy atom. The van der Waals surface area contributed by atoms with Crippen molar-refractivity contribution >= 4 is 24.8 Å². The van der Waals surface area contributed by atoms with Gasteiger partial charge in [0.05, 0.1) is 0 Å². The topological polar surface area (TPSA) is 0 Å². The van der Waals surface area contributed by atoms with E-state index in [0.717, 1.165) is 0 Å². The average Bonchev–Trinajstić information content (AvgIpc) is 2.87. The Bertz CT molecular complexity index is 1130. The molecule has 0 aromatic heterocycles. The molecule has 0 aliphatic rings. The van der Waals surface area contributed by atoms with Crippen molar-refractivity contribution in [2.24, 2.45) is 0 Å². The van der Waals surface area contributed by atoms with E-state index in [-0.39, 0.29) is 24.8 Å². The molecule has 0 nitrogen and oxygen atoms in total. The molecular formula is C32H28Cl2. The maximum Gasteiger partial charge on any atom is -0.00668 e. The fourth-order valence-corrected chi connectivity index (χ4v) is 4.86. The zero-order valence-electron chi connectivity index (χ0n) is 19.4. The van der Waals surface area contributed by atoms with Gasteiger partial charge in [-0.25, -0.2) is 0 Å². The van der Waals surface area contributed by atoms with Crippen LogP contribution in [0.1, 0.15) is 11.1 Å². The van der Waals surface area contributed by atoms with E-state index in [9.17, 15) is 0 Å². The predicted molar refractivity (Wildman–Crippen MR) is 152 cm³/mol. The minimum absolute atomic E-state index is 0. The summed E-state index contributed by atoms with van der Waals surface area (Å²) in [6, 6.07) is 43.2. The summed E-state index contributed by atoms with van der Waals surface area (Å²) >= 11 is 0. The third-order valence-electron chi connectivity index (χ3n) is 6.25. The third kappa shape index (κ3) is 4.66. The van der Waals surface area contributed by atoms with Crippen molar-refractivity contribution in [1.82, 2.24) is 0 Å². The molecule has 0 unspecified atom stereocenters. The van der Waals surface area contributed by atoms with E-state index in [1.165, 1.54) is 55.6 Å². The van der Waals surface area contributed by atoms with Crippen LogP contribution in [0, 0.1) is 13.8 Å². The highest BCUT2D eigenvalue weighted by atomic mass is 35.5. The van der Waals surface area contributed by atoms with Crippen LogP contribution in [-0.2, 0) is 0 Å². The molecule has 0 N–H and O–H groups in total. The molecule has 2 heteroatoms. The molecule has 0 saturated carbocycles. The monoisotopic (exact) mass is 482 g/mol. The molecule has 0 heterocycles. The molecule has 5 aromatic carbocycles. The Balaban J connectivity index is 0.00000162. The molecule has 34 heavy (non-hydrogen) atoms. The second-order valence-corrected chi connectivity index (χ2v) is 8.21. The highest BCUT2D eigenvalue weighted by Gasteiger charge is 2.23. The van der Waals surface area contributed by atoms with Crippen molar-refractivity contribution in [2.75, 3.05) is 0 Å². The van der Waals surface area contributed by atoms with Gasteiger partial charge in [0.2, 0.25) is 0 Å². The van der Waals surface area contributed by atoms with Gasteiger partial charge in [-0.2, -0.15) is 0 Å². The van der Waals surface area contributed by atoms with E-state index < -0.39 is 0 Å². The van der Waals surface area contributed by atoms with Gasteiger partial charge in [0, 0.05) is 0 Å². The minimum Gasteiger partial charge on any atom is -0.147 e. The highest BCUT2D eigenvalue weighted by Crippen LogP contribution is 2.48. The molecule has 170 valence electrons. The van der Waals surface area contributed by atoms with E-state index in [4.69, 9.17) is 0 Å². The van der Waals surface area contributed by atoms with Gasteiger partial charge in [0.15, 0.2) is 0 Å². The van der Waals surface area contributed by atoms with Crippen LogP contribution < -0.4 is 0 Å². The number of rotatable bonds is 4. The van der Waals surface area contributed by atoms with Crippen molar-refractivity contribution in [3.05, 3.63) is 132 Å². The molecule has 0 atom stereocenters. The van der Waals surface area contributed by atoms with Crippen LogP contribution >= 0.6 is 24.8 Å². The van der Waals surface area contributed by atoms with Gasteiger partial charge in [-0.1, -0.05) is 121 Å². The summed E-state index contributed by atoms with van der Waals surface area (Å²) in [6.45, 7) is 4.56. The summed E-state index contributed by atoms with van der Waals surface area (Å²) in [5, 5.41) is 0. The van der Waals surface area contributed by atoms with Crippen LogP contribution in [0.5, 0.6) is 0 Å². The van der Waals surface area contributed by atoms with Crippen molar-refractivity contribution in [1.29, 1.82) is 0 Å². The van der Waals surface area contributed by atoms with Crippen LogP contribution in [0.15, 0.2) is 121 Å². The SMILES string of the molecule is Cc1c(-c2ccccc2)c(-c2ccccc2)c(C)c(-c2ccccc2)c1-c1ccccc1.Cl.Cl. The largest absolute Gasteiger partial charge is 0.147 e. The maximum atomic E-state index is 2.28. The summed E-state index contributed by atoms with van der Waals surface area (Å²) in [7, 11) is 0. The molecule has 0 saturated heterocycles. The van der Waals surface area contributed by atoms with Crippen molar-refractivity contribution in [3.8, 4) is 44.5 Å². The average molecular weight is 483 g/mol. The fraction of sp³-hybridized carbons (Fsp3) is 0.0625. The van der Waals surface area contributed by atoms with Crippen molar-refractivity contribution in [3.63, 3.8) is 0 Å². The highest BCUT2D eigenvalue weighted by molar-refractivity contribution is 6.00. The van der Waals surface area contributed by atoms with Crippen LogP contribution in [0.3, 0.4) is 0 Å². The Morgan fingerprint density at radius 2 is 0.471 bits per heavy atom. The molecule has 0 radical (unpaired) electrons. The predicted octanol–water partition coefficient (Wildman–Crippen LogP) is 9.82. The fourth-order valence-electron chi connectivity index (χ4n) is 4.86. The molecule has 0 spiro atoms. The number of benzene rings is 5. The lowest BCUT2D eigenvalue weighted by Crippen LogP contribution is -2.01. The first kappa shape index (κ1) is 25.3. The second-order valence-electron chi connectivity index (χ2n) is 8.21. The van der Waals surface area contributed by atoms with Crippen LogP contribution in [0.2, 0.25) is 0 Å². The van der Waals surface area contributed by atoms with E-state index in [1.807, 2.05) is 0 Å². The summed E-state index contributed by atoms with van der Waals surface area (Å²) in [6.07, 6.45) is 0. The molecular weight excluding hydrogens is 455 g/mol. The second kappa shape index (κ2) is 11.2. The minimum atomic E-state index is 0. The standard InChI is InChI=1S/C32H26.2ClH/c1-23-29(25-15-7-3-8-16-25)31(27-19-11-5-12-20-27)24(2)32(28-21-13-6-14-22-28)30(23)26-17-9-4-10-18-26;;/h3-22H,1-2H3;2*1H. The quantitative estimate of drug-likeness (QED) is 0.239.